The Kier molecular flexibility index (Phi) is 8.86. The Morgan fingerprint density at radius 1 is 1.09 bits per heavy atom. The van der Waals surface area contributed by atoms with E-state index < -0.39 is 0 Å². The molecule has 0 heterocycles. The van der Waals surface area contributed by atoms with Gasteiger partial charge in [-0.25, -0.2) is 0 Å². The molecule has 0 spiro atoms. The summed E-state index contributed by atoms with van der Waals surface area (Å²) >= 11 is 9.72. The van der Waals surface area contributed by atoms with Crippen LogP contribution < -0.4 is 4.74 Å². The van der Waals surface area contributed by atoms with E-state index in [0.717, 1.165) is 16.6 Å². The van der Waals surface area contributed by atoms with Crippen molar-refractivity contribution in [3.63, 3.8) is 0 Å². The fourth-order valence-electron chi connectivity index (χ4n) is 2.50. The molecule has 1 atom stereocenters. The molecule has 0 fully saturated rings. The van der Waals surface area contributed by atoms with E-state index in [1.165, 1.54) is 38.5 Å². The maximum atomic E-state index is 6.29. The van der Waals surface area contributed by atoms with E-state index >= 15 is 0 Å². The van der Waals surface area contributed by atoms with E-state index in [1.54, 1.807) is 0 Å². The third kappa shape index (κ3) is 7.37. The zero-order chi connectivity index (χ0) is 16.6. The molecule has 0 radical (unpaired) electrons. The van der Waals surface area contributed by atoms with Crippen molar-refractivity contribution in [1.82, 2.24) is 0 Å². The van der Waals surface area contributed by atoms with E-state index in [0.29, 0.717) is 5.02 Å². The smallest absolute Gasteiger partial charge is 0.138 e. The molecule has 0 bridgehead atoms. The SMILES string of the molecule is CCCCCCCCC(Oc1ccc(Br)cc1Cl)C(C)(C)C. The topological polar surface area (TPSA) is 9.23 Å². The van der Waals surface area contributed by atoms with Gasteiger partial charge in [0.15, 0.2) is 0 Å². The average Bonchev–Trinajstić information content (AvgIpc) is 2.42. The summed E-state index contributed by atoms with van der Waals surface area (Å²) in [6.07, 6.45) is 9.15. The molecular weight excluding hydrogens is 360 g/mol. The standard InChI is InChI=1S/C19H30BrClO/c1-5-6-7-8-9-10-11-18(19(2,3)4)22-17-13-12-15(20)14-16(17)21/h12-14,18H,5-11H2,1-4H3. The highest BCUT2D eigenvalue weighted by Gasteiger charge is 2.26. The van der Waals surface area contributed by atoms with Crippen LogP contribution in [0.3, 0.4) is 0 Å². The normalized spacial score (nSPS) is 13.2. The molecule has 1 rings (SSSR count). The number of hydrogen-bond donors (Lipinski definition) is 0. The van der Waals surface area contributed by atoms with Crippen molar-refractivity contribution in [3.8, 4) is 5.75 Å². The summed E-state index contributed by atoms with van der Waals surface area (Å²) in [5.74, 6) is 0.788. The summed E-state index contributed by atoms with van der Waals surface area (Å²) in [6, 6.07) is 5.82. The quantitative estimate of drug-likeness (QED) is 0.394. The molecule has 0 aromatic heterocycles. The van der Waals surface area contributed by atoms with Crippen molar-refractivity contribution in [2.75, 3.05) is 0 Å². The molecule has 1 aromatic carbocycles. The summed E-state index contributed by atoms with van der Waals surface area (Å²) in [4.78, 5) is 0. The van der Waals surface area contributed by atoms with Gasteiger partial charge in [0.1, 0.15) is 11.9 Å². The first-order valence-electron chi connectivity index (χ1n) is 8.46. The molecule has 0 amide bonds. The molecule has 3 heteroatoms. The monoisotopic (exact) mass is 388 g/mol. The molecule has 1 nitrogen and oxygen atoms in total. The zero-order valence-electron chi connectivity index (χ0n) is 14.4. The maximum absolute atomic E-state index is 6.29. The highest BCUT2D eigenvalue weighted by Crippen LogP contribution is 2.33. The Labute approximate surface area is 149 Å². The predicted molar refractivity (Wildman–Crippen MR) is 101 cm³/mol. The van der Waals surface area contributed by atoms with Crippen LogP contribution in [0.15, 0.2) is 22.7 Å². The molecule has 1 aromatic rings. The van der Waals surface area contributed by atoms with Crippen molar-refractivity contribution in [2.45, 2.75) is 78.7 Å². The lowest BCUT2D eigenvalue weighted by Crippen LogP contribution is -2.32. The van der Waals surface area contributed by atoms with Crippen LogP contribution in [0.25, 0.3) is 0 Å². The second-order valence-electron chi connectivity index (χ2n) is 7.10. The Morgan fingerprint density at radius 3 is 2.32 bits per heavy atom. The van der Waals surface area contributed by atoms with Crippen LogP contribution in [0.1, 0.15) is 72.6 Å². The summed E-state index contributed by atoms with van der Waals surface area (Å²) in [5.41, 5.74) is 0.111. The molecule has 1 unspecified atom stereocenters. The van der Waals surface area contributed by atoms with Crippen LogP contribution in [-0.2, 0) is 0 Å². The van der Waals surface area contributed by atoms with Gasteiger partial charge in [-0.2, -0.15) is 0 Å². The van der Waals surface area contributed by atoms with Gasteiger partial charge in [0.2, 0.25) is 0 Å². The molecule has 0 saturated heterocycles. The van der Waals surface area contributed by atoms with Crippen LogP contribution in [0.5, 0.6) is 5.75 Å². The number of benzene rings is 1. The van der Waals surface area contributed by atoms with E-state index in [4.69, 9.17) is 16.3 Å². The number of rotatable bonds is 9. The third-order valence-corrected chi connectivity index (χ3v) is 4.74. The molecule has 0 aliphatic carbocycles. The van der Waals surface area contributed by atoms with Crippen molar-refractivity contribution < 1.29 is 4.74 Å². The Bertz CT molecular complexity index is 440. The van der Waals surface area contributed by atoms with Crippen LogP contribution in [0.2, 0.25) is 5.02 Å². The second kappa shape index (κ2) is 9.82. The first-order chi connectivity index (χ1) is 10.3. The van der Waals surface area contributed by atoms with Crippen molar-refractivity contribution in [2.24, 2.45) is 5.41 Å². The molecule has 0 saturated carbocycles. The fourth-order valence-corrected chi connectivity index (χ4v) is 3.22. The van der Waals surface area contributed by atoms with Crippen LogP contribution in [0, 0.1) is 5.41 Å². The van der Waals surface area contributed by atoms with Crippen molar-refractivity contribution in [3.05, 3.63) is 27.7 Å². The highest BCUT2D eigenvalue weighted by atomic mass is 79.9. The molecule has 22 heavy (non-hydrogen) atoms. The Balaban J connectivity index is 2.54. The van der Waals surface area contributed by atoms with Gasteiger partial charge >= 0.3 is 0 Å². The largest absolute Gasteiger partial charge is 0.488 e. The van der Waals surface area contributed by atoms with Gasteiger partial charge in [-0.3, -0.25) is 0 Å². The van der Waals surface area contributed by atoms with Gasteiger partial charge in [0.05, 0.1) is 5.02 Å². The van der Waals surface area contributed by atoms with Gasteiger partial charge in [-0.05, 0) is 36.5 Å². The first-order valence-corrected chi connectivity index (χ1v) is 9.63. The predicted octanol–water partition coefficient (Wildman–Crippen LogP) is 7.65. The van der Waals surface area contributed by atoms with Crippen LogP contribution in [0.4, 0.5) is 0 Å². The summed E-state index contributed by atoms with van der Waals surface area (Å²) in [5, 5.41) is 0.673. The van der Waals surface area contributed by atoms with E-state index in [9.17, 15) is 0 Å². The van der Waals surface area contributed by atoms with Crippen molar-refractivity contribution >= 4 is 27.5 Å². The van der Waals surface area contributed by atoms with E-state index in [-0.39, 0.29) is 11.5 Å². The van der Waals surface area contributed by atoms with Gasteiger partial charge < -0.3 is 4.74 Å². The lowest BCUT2D eigenvalue weighted by atomic mass is 9.85. The average molecular weight is 390 g/mol. The number of unbranched alkanes of at least 4 members (excludes halogenated alkanes) is 5. The minimum absolute atomic E-state index is 0.111. The van der Waals surface area contributed by atoms with Crippen LogP contribution >= 0.6 is 27.5 Å². The van der Waals surface area contributed by atoms with Gasteiger partial charge in [0, 0.05) is 4.47 Å². The summed E-state index contributed by atoms with van der Waals surface area (Å²) < 4.78 is 7.22. The zero-order valence-corrected chi connectivity index (χ0v) is 16.8. The number of ether oxygens (including phenoxy) is 1. The highest BCUT2D eigenvalue weighted by molar-refractivity contribution is 9.10. The van der Waals surface area contributed by atoms with E-state index in [2.05, 4.69) is 43.6 Å². The minimum atomic E-state index is 0.111. The van der Waals surface area contributed by atoms with Gasteiger partial charge in [-0.1, -0.05) is 87.3 Å². The minimum Gasteiger partial charge on any atom is -0.488 e. The first kappa shape index (κ1) is 19.8. The molecule has 0 aliphatic rings. The fraction of sp³-hybridized carbons (Fsp3) is 0.684. The molecule has 0 aliphatic heterocycles. The summed E-state index contributed by atoms with van der Waals surface area (Å²) in [6.45, 7) is 8.97. The molecule has 0 N–H and O–H groups in total. The molecule has 126 valence electrons. The third-order valence-electron chi connectivity index (χ3n) is 3.95. The lowest BCUT2D eigenvalue weighted by molar-refractivity contribution is 0.0764. The molecular formula is C19H30BrClO. The Morgan fingerprint density at radius 2 is 1.73 bits per heavy atom. The Hall–Kier alpha value is -0.210. The van der Waals surface area contributed by atoms with Gasteiger partial charge in [-0.15, -0.1) is 0 Å². The van der Waals surface area contributed by atoms with E-state index in [1.807, 2.05) is 18.2 Å². The maximum Gasteiger partial charge on any atom is 0.138 e. The lowest BCUT2D eigenvalue weighted by Gasteiger charge is -2.31. The summed E-state index contributed by atoms with van der Waals surface area (Å²) in [7, 11) is 0. The number of hydrogen-bond acceptors (Lipinski definition) is 1. The number of halogens is 2. The van der Waals surface area contributed by atoms with Gasteiger partial charge in [0.25, 0.3) is 0 Å². The van der Waals surface area contributed by atoms with Crippen molar-refractivity contribution in [1.29, 1.82) is 0 Å². The van der Waals surface area contributed by atoms with Crippen LogP contribution in [-0.4, -0.2) is 6.10 Å². The second-order valence-corrected chi connectivity index (χ2v) is 8.43.